The Morgan fingerprint density at radius 2 is 1.85 bits per heavy atom. The Kier molecular flexibility index (Phi) is 5.63. The average Bonchev–Trinajstić information content (AvgIpc) is 3.38. The van der Waals surface area contributed by atoms with Crippen molar-refractivity contribution in [3.63, 3.8) is 0 Å². The van der Waals surface area contributed by atoms with E-state index >= 15 is 0 Å². The number of ether oxygens (including phenoxy) is 2. The minimum Gasteiger partial charge on any atom is -0.378 e. The molecular formula is C23H31N7O3. The van der Waals surface area contributed by atoms with Gasteiger partial charge in [-0.05, 0) is 31.2 Å². The molecule has 2 aromatic rings. The number of fused-ring (bicyclic) bond motifs is 4. The molecule has 4 aliphatic rings. The molecule has 33 heavy (non-hydrogen) atoms. The Bertz CT molecular complexity index is 1050. The van der Waals surface area contributed by atoms with Crippen molar-refractivity contribution in [3.05, 3.63) is 34.2 Å². The third kappa shape index (κ3) is 4.29. The summed E-state index contributed by atoms with van der Waals surface area (Å²) in [5.41, 5.74) is 1.23. The molecule has 6 heterocycles. The van der Waals surface area contributed by atoms with Crippen LogP contribution in [-0.4, -0.2) is 78.2 Å². The van der Waals surface area contributed by atoms with Crippen LogP contribution in [0.3, 0.4) is 0 Å². The van der Waals surface area contributed by atoms with E-state index in [1.165, 1.54) is 0 Å². The van der Waals surface area contributed by atoms with Gasteiger partial charge in [-0.3, -0.25) is 4.79 Å². The maximum Gasteiger partial charge on any atom is 0.250 e. The summed E-state index contributed by atoms with van der Waals surface area (Å²) < 4.78 is 13.2. The fourth-order valence-electron chi connectivity index (χ4n) is 5.55. The van der Waals surface area contributed by atoms with Crippen LogP contribution in [0.1, 0.15) is 30.9 Å². The van der Waals surface area contributed by atoms with E-state index in [2.05, 4.69) is 21.2 Å². The van der Waals surface area contributed by atoms with Crippen molar-refractivity contribution in [1.82, 2.24) is 19.5 Å². The first-order valence-electron chi connectivity index (χ1n) is 12.1. The maximum absolute atomic E-state index is 12.4. The van der Waals surface area contributed by atoms with Gasteiger partial charge in [0.15, 0.2) is 0 Å². The van der Waals surface area contributed by atoms with Gasteiger partial charge in [-0.1, -0.05) is 6.07 Å². The van der Waals surface area contributed by atoms with E-state index < -0.39 is 0 Å². The molecule has 0 saturated carbocycles. The molecule has 3 saturated heterocycles. The number of hydrogen-bond donors (Lipinski definition) is 1. The lowest BCUT2D eigenvalue weighted by Gasteiger charge is -2.42. The van der Waals surface area contributed by atoms with E-state index in [0.717, 1.165) is 64.3 Å². The number of anilines is 3. The number of rotatable bonds is 5. The zero-order chi connectivity index (χ0) is 22.2. The van der Waals surface area contributed by atoms with E-state index in [0.29, 0.717) is 49.4 Å². The van der Waals surface area contributed by atoms with E-state index in [1.807, 2.05) is 10.6 Å². The Morgan fingerprint density at radius 3 is 2.67 bits per heavy atom. The van der Waals surface area contributed by atoms with E-state index in [1.54, 1.807) is 6.07 Å². The van der Waals surface area contributed by atoms with Crippen molar-refractivity contribution in [2.24, 2.45) is 5.92 Å². The van der Waals surface area contributed by atoms with Gasteiger partial charge in [0, 0.05) is 63.6 Å². The summed E-state index contributed by atoms with van der Waals surface area (Å²) in [4.78, 5) is 31.3. The minimum atomic E-state index is 0.103. The Morgan fingerprint density at radius 1 is 1.00 bits per heavy atom. The van der Waals surface area contributed by atoms with Crippen LogP contribution >= 0.6 is 0 Å². The van der Waals surface area contributed by atoms with E-state index in [9.17, 15) is 4.79 Å². The van der Waals surface area contributed by atoms with Crippen LogP contribution in [-0.2, 0) is 16.0 Å². The normalized spacial score (nSPS) is 26.8. The van der Waals surface area contributed by atoms with Crippen LogP contribution in [0.25, 0.3) is 0 Å². The van der Waals surface area contributed by atoms with Crippen LogP contribution in [0.5, 0.6) is 0 Å². The average molecular weight is 454 g/mol. The summed E-state index contributed by atoms with van der Waals surface area (Å²) in [6.45, 7) is 6.84. The highest BCUT2D eigenvalue weighted by Crippen LogP contribution is 2.36. The van der Waals surface area contributed by atoms with Crippen LogP contribution in [0.2, 0.25) is 0 Å². The second kappa shape index (κ2) is 8.90. The smallest absolute Gasteiger partial charge is 0.250 e. The third-order valence-corrected chi connectivity index (χ3v) is 7.18. The summed E-state index contributed by atoms with van der Waals surface area (Å²) >= 11 is 0. The minimum absolute atomic E-state index is 0.103. The number of nitrogens with one attached hydrogen (secondary N) is 1. The number of piperidine rings is 1. The number of morpholine rings is 1. The zero-order valence-electron chi connectivity index (χ0n) is 18.9. The molecule has 0 spiro atoms. The van der Waals surface area contributed by atoms with Crippen molar-refractivity contribution in [1.29, 1.82) is 0 Å². The molecule has 10 heteroatoms. The van der Waals surface area contributed by atoms with Crippen molar-refractivity contribution in [3.8, 4) is 0 Å². The predicted octanol–water partition coefficient (Wildman–Crippen LogP) is 1.08. The predicted molar refractivity (Wildman–Crippen MR) is 124 cm³/mol. The molecule has 2 aromatic heterocycles. The molecule has 3 fully saturated rings. The largest absolute Gasteiger partial charge is 0.378 e. The van der Waals surface area contributed by atoms with Gasteiger partial charge in [-0.15, -0.1) is 0 Å². The van der Waals surface area contributed by atoms with Gasteiger partial charge in [0.05, 0.1) is 19.3 Å². The zero-order valence-corrected chi connectivity index (χ0v) is 18.9. The van der Waals surface area contributed by atoms with Crippen molar-refractivity contribution < 1.29 is 9.47 Å². The molecular weight excluding hydrogens is 422 g/mol. The van der Waals surface area contributed by atoms with Gasteiger partial charge in [0.1, 0.15) is 0 Å². The van der Waals surface area contributed by atoms with Crippen LogP contribution in [0.15, 0.2) is 23.0 Å². The molecule has 0 amide bonds. The topological polar surface area (TPSA) is 97.6 Å². The van der Waals surface area contributed by atoms with E-state index in [4.69, 9.17) is 24.4 Å². The summed E-state index contributed by atoms with van der Waals surface area (Å²) in [7, 11) is 0. The quantitative estimate of drug-likeness (QED) is 0.713. The Labute approximate surface area is 192 Å². The lowest BCUT2D eigenvalue weighted by Crippen LogP contribution is -2.48. The second-order valence-electron chi connectivity index (χ2n) is 9.48. The highest BCUT2D eigenvalue weighted by Gasteiger charge is 2.36. The summed E-state index contributed by atoms with van der Waals surface area (Å²) in [5.74, 6) is 2.72. The SMILES string of the molecule is O=c1cccc2n1C[C@H]1C[C@@H]2CN(c2nc(NC[C@@H]3CCCO3)nc(N3CCOCC3)n2)C1. The fourth-order valence-corrected chi connectivity index (χ4v) is 5.55. The molecule has 2 bridgehead atoms. The molecule has 176 valence electrons. The number of aromatic nitrogens is 4. The highest BCUT2D eigenvalue weighted by molar-refractivity contribution is 5.46. The van der Waals surface area contributed by atoms with Crippen molar-refractivity contribution in [2.45, 2.75) is 37.8 Å². The molecule has 0 unspecified atom stereocenters. The molecule has 3 atom stereocenters. The molecule has 0 radical (unpaired) electrons. The van der Waals surface area contributed by atoms with Crippen LogP contribution in [0, 0.1) is 5.92 Å². The summed E-state index contributed by atoms with van der Waals surface area (Å²) in [6.07, 6.45) is 3.48. The van der Waals surface area contributed by atoms with Crippen LogP contribution in [0.4, 0.5) is 17.8 Å². The van der Waals surface area contributed by atoms with Gasteiger partial charge < -0.3 is 29.2 Å². The first-order valence-corrected chi connectivity index (χ1v) is 12.1. The molecule has 0 aliphatic carbocycles. The van der Waals surface area contributed by atoms with Crippen molar-refractivity contribution in [2.75, 3.05) is 67.7 Å². The lowest BCUT2D eigenvalue weighted by molar-refractivity contribution is 0.120. The second-order valence-corrected chi connectivity index (χ2v) is 9.48. The van der Waals surface area contributed by atoms with Gasteiger partial charge in [0.25, 0.3) is 5.56 Å². The Hall–Kier alpha value is -2.72. The Balaban J connectivity index is 1.28. The molecule has 6 rings (SSSR count). The standard InChI is InChI=1S/C23H31N7O3/c31-20-5-1-4-19-17-11-16(14-30(19)20)13-29(15-17)23-26-21(24-12-18-3-2-8-33-18)25-22(27-23)28-6-9-32-10-7-28/h1,4-5,16-18H,2-3,6-15H2,(H,24,25,26,27)/t16-,17+,18-/m0/s1. The molecule has 4 aliphatic heterocycles. The third-order valence-electron chi connectivity index (χ3n) is 7.18. The summed E-state index contributed by atoms with van der Waals surface area (Å²) in [6, 6.07) is 5.63. The van der Waals surface area contributed by atoms with Gasteiger partial charge in [0.2, 0.25) is 17.8 Å². The summed E-state index contributed by atoms with van der Waals surface area (Å²) in [5, 5.41) is 3.40. The molecule has 1 N–H and O–H groups in total. The molecule has 0 aromatic carbocycles. The maximum atomic E-state index is 12.4. The number of hydrogen-bond acceptors (Lipinski definition) is 9. The lowest BCUT2D eigenvalue weighted by atomic mass is 9.83. The monoisotopic (exact) mass is 453 g/mol. The van der Waals surface area contributed by atoms with Gasteiger partial charge in [-0.2, -0.15) is 15.0 Å². The van der Waals surface area contributed by atoms with E-state index in [-0.39, 0.29) is 11.7 Å². The first-order chi connectivity index (χ1) is 16.2. The fraction of sp³-hybridized carbons (Fsp3) is 0.652. The van der Waals surface area contributed by atoms with Crippen LogP contribution < -0.4 is 20.7 Å². The van der Waals surface area contributed by atoms with Crippen molar-refractivity contribution >= 4 is 17.8 Å². The highest BCUT2D eigenvalue weighted by atomic mass is 16.5. The molecule has 10 nitrogen and oxygen atoms in total. The number of nitrogens with zero attached hydrogens (tertiary/aromatic N) is 6. The van der Waals surface area contributed by atoms with Gasteiger partial charge in [-0.25, -0.2) is 0 Å². The number of pyridine rings is 1. The van der Waals surface area contributed by atoms with Gasteiger partial charge >= 0.3 is 0 Å². The first kappa shape index (κ1) is 20.9.